The molecular weight excluding hydrogens is 1190 g/mol. The minimum absolute atomic E-state index is 0.0206. The summed E-state index contributed by atoms with van der Waals surface area (Å²) in [5.74, 6) is -6.66. The van der Waals surface area contributed by atoms with E-state index in [0.717, 1.165) is 35.2 Å². The van der Waals surface area contributed by atoms with E-state index >= 15 is 0 Å². The van der Waals surface area contributed by atoms with Gasteiger partial charge in [0.15, 0.2) is 0 Å². The van der Waals surface area contributed by atoms with Crippen molar-refractivity contribution in [1.29, 1.82) is 0 Å². The zero-order chi connectivity index (χ0) is 62.4. The zero-order valence-electron chi connectivity index (χ0n) is 47.5. The molecule has 3 aromatic rings. The summed E-state index contributed by atoms with van der Waals surface area (Å²) < 4.78 is 0.604. The first-order valence-electron chi connectivity index (χ1n) is 27.9. The fourth-order valence-corrected chi connectivity index (χ4v) is 9.94. The minimum atomic E-state index is -1.54. The van der Waals surface area contributed by atoms with E-state index in [1.54, 1.807) is 47.5 Å². The highest BCUT2D eigenvalue weighted by Gasteiger charge is 2.28. The van der Waals surface area contributed by atoms with Crippen LogP contribution in [0.4, 0.5) is 10.5 Å². The lowest BCUT2D eigenvalue weighted by atomic mass is 10.0. The predicted octanol–water partition coefficient (Wildman–Crippen LogP) is 0.807. The Morgan fingerprint density at radius 3 is 1.73 bits per heavy atom. The van der Waals surface area contributed by atoms with Crippen LogP contribution in [0.15, 0.2) is 71.5 Å². The maximum absolute atomic E-state index is 13.9. The quantitative estimate of drug-likeness (QED) is 0.0224. The number of aromatic nitrogens is 1. The van der Waals surface area contributed by atoms with Gasteiger partial charge in [0.1, 0.15) is 16.7 Å². The number of primary amides is 4. The van der Waals surface area contributed by atoms with Crippen molar-refractivity contribution in [3.05, 3.63) is 93.7 Å². The van der Waals surface area contributed by atoms with Crippen molar-refractivity contribution in [1.82, 2.24) is 45.4 Å². The van der Waals surface area contributed by atoms with Gasteiger partial charge in [-0.15, -0.1) is 0 Å². The number of thiocarbonyl (C=S) groups is 1. The third-order valence-corrected chi connectivity index (χ3v) is 14.6. The fraction of sp³-hybridized carbons (Fsp3) is 0.500. The molecule has 0 aliphatic carbocycles. The highest BCUT2D eigenvalue weighted by molar-refractivity contribution is 9.10. The van der Waals surface area contributed by atoms with Gasteiger partial charge in [-0.05, 0) is 114 Å². The SMILES string of the molecule is NC(=O)CN1CCN(CC(N)=O)CCN(CC(N)=O)C(Cc2ccc(NC(=S)CCCCCC(=O)NCc3ccc(C(=O)N(CCCC[C@@H](NC(=O)NC(CCC(=O)O)C(=O)O)C(=O)O)Cc4ccc(Br)nc4)cc3)cc2)CN(CC(N)=O)CC1. The van der Waals surface area contributed by atoms with Gasteiger partial charge >= 0.3 is 23.9 Å². The molecule has 0 saturated carbocycles. The van der Waals surface area contributed by atoms with Gasteiger partial charge in [-0.3, -0.25) is 53.2 Å². The molecule has 1 fully saturated rings. The van der Waals surface area contributed by atoms with Crippen LogP contribution < -0.4 is 44.2 Å². The topological polar surface area (TPSA) is 413 Å². The van der Waals surface area contributed by atoms with E-state index in [9.17, 15) is 58.2 Å². The Hall–Kier alpha value is -7.70. The first kappa shape index (κ1) is 69.8. The van der Waals surface area contributed by atoms with E-state index < -0.39 is 72.5 Å². The number of urea groups is 1. The molecule has 0 radical (unpaired) electrons. The molecule has 1 aromatic heterocycles. The number of carboxylic acids is 3. The molecule has 85 heavy (non-hydrogen) atoms. The second-order valence-electron chi connectivity index (χ2n) is 20.8. The summed E-state index contributed by atoms with van der Waals surface area (Å²) in [6.07, 6.45) is 4.70. The van der Waals surface area contributed by atoms with Crippen LogP contribution >= 0.6 is 28.1 Å². The molecule has 1 aliphatic heterocycles. The van der Waals surface area contributed by atoms with Crippen molar-refractivity contribution >= 4 is 98.2 Å². The average Bonchev–Trinajstić information content (AvgIpc) is 3.65. The Labute approximate surface area is 507 Å². The number of nitrogens with one attached hydrogen (secondary N) is 4. The summed E-state index contributed by atoms with van der Waals surface area (Å²) in [6, 6.07) is 13.7. The fourth-order valence-electron chi connectivity index (χ4n) is 9.44. The molecular formula is C56H79BrN14O13S. The average molecular weight is 1270 g/mol. The minimum Gasteiger partial charge on any atom is -0.481 e. The largest absolute Gasteiger partial charge is 0.481 e. The monoisotopic (exact) mass is 1270 g/mol. The highest BCUT2D eigenvalue weighted by Crippen LogP contribution is 2.19. The number of carbonyl (C=O) groups is 10. The number of nitrogens with two attached hydrogens (primary N) is 4. The molecule has 2 unspecified atom stereocenters. The second-order valence-corrected chi connectivity index (χ2v) is 22.1. The molecule has 27 nitrogen and oxygen atoms in total. The summed E-state index contributed by atoms with van der Waals surface area (Å²) in [4.78, 5) is 136. The molecule has 15 N–H and O–H groups in total. The molecule has 2 heterocycles. The van der Waals surface area contributed by atoms with E-state index in [0.29, 0.717) is 93.1 Å². The predicted molar refractivity (Wildman–Crippen MR) is 321 cm³/mol. The van der Waals surface area contributed by atoms with Crippen molar-refractivity contribution in [2.75, 3.05) is 83.9 Å². The van der Waals surface area contributed by atoms with E-state index in [-0.39, 0.29) is 76.5 Å². The van der Waals surface area contributed by atoms with Crippen LogP contribution in [0.1, 0.15) is 91.3 Å². The number of aliphatic carboxylic acids is 3. The number of benzene rings is 2. The number of rotatable bonds is 34. The number of nitrogens with zero attached hydrogens (tertiary/aromatic N) is 6. The van der Waals surface area contributed by atoms with Crippen molar-refractivity contribution in [2.45, 2.75) is 102 Å². The summed E-state index contributed by atoms with van der Waals surface area (Å²) in [6.45, 7) is 3.02. The molecule has 3 atom stereocenters. The third kappa shape index (κ3) is 28.2. The number of carboxylic acid groups (broad SMARTS) is 3. The second kappa shape index (κ2) is 36.9. The van der Waals surface area contributed by atoms with Gasteiger partial charge in [-0.1, -0.05) is 49.0 Å². The van der Waals surface area contributed by atoms with E-state index in [2.05, 4.69) is 42.2 Å². The first-order valence-corrected chi connectivity index (χ1v) is 29.1. The maximum Gasteiger partial charge on any atom is 0.326 e. The number of halogens is 1. The highest BCUT2D eigenvalue weighted by atomic mass is 79.9. The molecule has 0 bridgehead atoms. The molecule has 0 spiro atoms. The molecule has 1 saturated heterocycles. The summed E-state index contributed by atoms with van der Waals surface area (Å²) in [7, 11) is 0. The van der Waals surface area contributed by atoms with Crippen molar-refractivity contribution in [3.8, 4) is 0 Å². The number of pyridine rings is 1. The lowest BCUT2D eigenvalue weighted by Crippen LogP contribution is -2.54. The Morgan fingerprint density at radius 1 is 0.624 bits per heavy atom. The van der Waals surface area contributed by atoms with Crippen LogP contribution in [0, 0.1) is 0 Å². The van der Waals surface area contributed by atoms with E-state index in [4.69, 9.17) is 40.3 Å². The van der Waals surface area contributed by atoms with E-state index in [1.807, 2.05) is 43.9 Å². The smallest absolute Gasteiger partial charge is 0.326 e. The number of hydrogen-bond donors (Lipinski definition) is 11. The molecule has 2 aromatic carbocycles. The van der Waals surface area contributed by atoms with Crippen molar-refractivity contribution in [3.63, 3.8) is 0 Å². The lowest BCUT2D eigenvalue weighted by Gasteiger charge is -2.38. The van der Waals surface area contributed by atoms with Gasteiger partial charge in [0.05, 0.1) is 31.2 Å². The molecule has 4 rings (SSSR count). The summed E-state index contributed by atoms with van der Waals surface area (Å²) in [5.41, 5.74) is 26.1. The molecule has 8 amide bonds. The van der Waals surface area contributed by atoms with Crippen LogP contribution in [-0.2, 0) is 57.9 Å². The van der Waals surface area contributed by atoms with E-state index in [1.165, 1.54) is 0 Å². The normalized spacial score (nSPS) is 15.4. The number of hydrogen-bond acceptors (Lipinski definition) is 16. The van der Waals surface area contributed by atoms with Crippen LogP contribution in [-0.4, -0.2) is 206 Å². The van der Waals surface area contributed by atoms with Crippen molar-refractivity contribution < 1.29 is 63.3 Å². The molecule has 1 aliphatic rings. The standard InChI is InChI=1S/C56H79BrN14O13S/c57-45-19-13-39(30-62-45)31-71(21-5-4-6-43(54(80)81)65-56(84)66-44(55(82)83)18-20-52(77)78)53(79)40-14-9-38(10-15-40)29-63-50(76)7-2-1-3-8-51(85)64-41-16-11-37(12-17-41)28-42-32-69(35-48(60)74)25-24-67(33-46(58)72)22-23-68(34-47(59)73)26-27-70(42)36-49(61)75/h9-17,19,30,42-44H,1-8,18,20-29,31-36H2,(H2,58,72)(H2,59,73)(H2,60,74)(H2,61,75)(H,63,76)(H,64,85)(H,77,78)(H,80,81)(H,82,83)(H2,65,66,84)/t42?,43-,44?/m1/s1. The Balaban J connectivity index is 1.25. The lowest BCUT2D eigenvalue weighted by molar-refractivity contribution is -0.141. The third-order valence-electron chi connectivity index (χ3n) is 13.8. The number of anilines is 1. The molecule has 464 valence electrons. The van der Waals surface area contributed by atoms with Crippen LogP contribution in [0.2, 0.25) is 0 Å². The summed E-state index contributed by atoms with van der Waals surface area (Å²) >= 11 is 8.97. The Morgan fingerprint density at radius 2 is 1.16 bits per heavy atom. The van der Waals surface area contributed by atoms with Gasteiger partial charge in [-0.2, -0.15) is 0 Å². The Kier molecular flexibility index (Phi) is 30.3. The Bertz CT molecular complexity index is 2750. The summed E-state index contributed by atoms with van der Waals surface area (Å²) in [5, 5.41) is 38.5. The first-order chi connectivity index (χ1) is 40.4. The van der Waals surface area contributed by atoms with Crippen LogP contribution in [0.3, 0.4) is 0 Å². The van der Waals surface area contributed by atoms with Gasteiger partial charge in [0.2, 0.25) is 29.5 Å². The van der Waals surface area contributed by atoms with Gasteiger partial charge in [-0.25, -0.2) is 19.4 Å². The number of carbonyl (C=O) groups excluding carboxylic acids is 7. The maximum atomic E-state index is 13.9. The van der Waals surface area contributed by atoms with Gasteiger partial charge in [0.25, 0.3) is 5.91 Å². The van der Waals surface area contributed by atoms with Crippen LogP contribution in [0.25, 0.3) is 0 Å². The van der Waals surface area contributed by atoms with Gasteiger partial charge < -0.3 is 64.4 Å². The zero-order valence-corrected chi connectivity index (χ0v) is 49.9. The van der Waals surface area contributed by atoms with Crippen LogP contribution in [0.5, 0.6) is 0 Å². The molecule has 29 heteroatoms. The number of amides is 8. The van der Waals surface area contributed by atoms with Gasteiger partial charge in [0, 0.05) is 102 Å². The van der Waals surface area contributed by atoms with Crippen molar-refractivity contribution in [2.24, 2.45) is 22.9 Å². The number of unbranched alkanes of at least 4 members (excludes halogenated alkanes) is 3.